The molecule has 0 spiro atoms. The number of hydrogen-bond donors (Lipinski definition) is 1. The summed E-state index contributed by atoms with van der Waals surface area (Å²) in [4.78, 5) is 24.2. The summed E-state index contributed by atoms with van der Waals surface area (Å²) in [5.74, 6) is 1.20. The number of nitrogens with one attached hydrogen (secondary N) is 1. The van der Waals surface area contributed by atoms with Crippen molar-refractivity contribution in [2.75, 3.05) is 7.11 Å². The molecule has 174 valence electrons. The number of hydrogen-bond acceptors (Lipinski definition) is 5. The number of amides is 1. The molecule has 0 bridgehead atoms. The fraction of sp³-hybridized carbons (Fsp3) is 0.333. The van der Waals surface area contributed by atoms with Gasteiger partial charge in [0.1, 0.15) is 18.1 Å². The Labute approximate surface area is 194 Å². The first-order valence-electron chi connectivity index (χ1n) is 11.3. The number of benzene rings is 2. The van der Waals surface area contributed by atoms with Crippen LogP contribution in [0.15, 0.2) is 65.1 Å². The molecule has 3 rings (SSSR count). The van der Waals surface area contributed by atoms with Crippen LogP contribution in [0, 0.1) is 0 Å². The van der Waals surface area contributed by atoms with Gasteiger partial charge < -0.3 is 19.2 Å². The Morgan fingerprint density at radius 1 is 0.909 bits per heavy atom. The minimum Gasteiger partial charge on any atom is -0.486 e. The molecule has 1 N–H and O–H groups in total. The van der Waals surface area contributed by atoms with Gasteiger partial charge in [0, 0.05) is 0 Å². The molecule has 0 saturated carbocycles. The van der Waals surface area contributed by atoms with Gasteiger partial charge in [-0.25, -0.2) is 4.79 Å². The van der Waals surface area contributed by atoms with Crippen LogP contribution in [0.25, 0.3) is 0 Å². The van der Waals surface area contributed by atoms with Gasteiger partial charge in [0.05, 0.1) is 18.7 Å². The van der Waals surface area contributed by atoms with E-state index < -0.39 is 5.97 Å². The van der Waals surface area contributed by atoms with Crippen LogP contribution in [0.3, 0.4) is 0 Å². The number of ether oxygens (including phenoxy) is 2. The summed E-state index contributed by atoms with van der Waals surface area (Å²) in [6, 6.07) is 18.3. The lowest BCUT2D eigenvalue weighted by Crippen LogP contribution is -2.27. The van der Waals surface area contributed by atoms with E-state index in [2.05, 4.69) is 48.2 Å². The van der Waals surface area contributed by atoms with Gasteiger partial charge in [-0.3, -0.25) is 4.79 Å². The molecule has 0 aliphatic carbocycles. The van der Waals surface area contributed by atoms with Crippen LogP contribution in [-0.2, 0) is 11.3 Å². The molecule has 1 aromatic heterocycles. The molecule has 6 heteroatoms. The molecule has 1 heterocycles. The predicted molar refractivity (Wildman–Crippen MR) is 126 cm³/mol. The van der Waals surface area contributed by atoms with Crippen molar-refractivity contribution in [1.29, 1.82) is 0 Å². The van der Waals surface area contributed by atoms with Crippen molar-refractivity contribution in [2.24, 2.45) is 0 Å². The number of methoxy groups -OCH3 is 1. The highest BCUT2D eigenvalue weighted by molar-refractivity contribution is 5.91. The Bertz CT molecular complexity index is 1050. The van der Waals surface area contributed by atoms with E-state index in [1.54, 1.807) is 36.4 Å². The Morgan fingerprint density at radius 2 is 1.58 bits per heavy atom. The van der Waals surface area contributed by atoms with E-state index in [0.717, 1.165) is 18.4 Å². The van der Waals surface area contributed by atoms with Crippen molar-refractivity contribution in [1.82, 2.24) is 5.32 Å². The van der Waals surface area contributed by atoms with Gasteiger partial charge in [0.25, 0.3) is 5.91 Å². The SMILES string of the molecule is CCC(C)c1ccc(C(CC)NC(=O)c2ccc(COc3ccc(C(=O)OC)cc3)o2)cc1. The zero-order valence-electron chi connectivity index (χ0n) is 19.6. The van der Waals surface area contributed by atoms with Crippen molar-refractivity contribution in [3.05, 3.63) is 88.9 Å². The van der Waals surface area contributed by atoms with E-state index in [0.29, 0.717) is 23.0 Å². The predicted octanol–water partition coefficient (Wildman–Crippen LogP) is 6.04. The maximum Gasteiger partial charge on any atom is 0.337 e. The first-order chi connectivity index (χ1) is 15.9. The van der Waals surface area contributed by atoms with Crippen LogP contribution < -0.4 is 10.1 Å². The molecular formula is C27H31NO5. The smallest absolute Gasteiger partial charge is 0.337 e. The molecule has 0 saturated heterocycles. The average molecular weight is 450 g/mol. The third-order valence-corrected chi connectivity index (χ3v) is 5.78. The Hall–Kier alpha value is -3.54. The van der Waals surface area contributed by atoms with Gasteiger partial charge in [-0.2, -0.15) is 0 Å². The van der Waals surface area contributed by atoms with Crippen LogP contribution >= 0.6 is 0 Å². The molecule has 6 nitrogen and oxygen atoms in total. The second-order valence-electron chi connectivity index (χ2n) is 7.98. The summed E-state index contributed by atoms with van der Waals surface area (Å²) in [5, 5.41) is 3.05. The van der Waals surface area contributed by atoms with Gasteiger partial charge in [-0.15, -0.1) is 0 Å². The third-order valence-electron chi connectivity index (χ3n) is 5.78. The number of carbonyl (C=O) groups is 2. The zero-order chi connectivity index (χ0) is 23.8. The molecule has 0 aliphatic rings. The summed E-state index contributed by atoms with van der Waals surface area (Å²) in [7, 11) is 1.34. The highest BCUT2D eigenvalue weighted by atomic mass is 16.5. The lowest BCUT2D eigenvalue weighted by molar-refractivity contribution is 0.0600. The van der Waals surface area contributed by atoms with E-state index >= 15 is 0 Å². The highest BCUT2D eigenvalue weighted by Gasteiger charge is 2.18. The van der Waals surface area contributed by atoms with Crippen molar-refractivity contribution in [3.8, 4) is 5.75 Å². The zero-order valence-corrected chi connectivity index (χ0v) is 19.6. The van der Waals surface area contributed by atoms with E-state index in [4.69, 9.17) is 9.15 Å². The second kappa shape index (κ2) is 11.4. The largest absolute Gasteiger partial charge is 0.486 e. The maximum absolute atomic E-state index is 12.7. The van der Waals surface area contributed by atoms with Crippen molar-refractivity contribution >= 4 is 11.9 Å². The average Bonchev–Trinajstić information content (AvgIpc) is 3.34. The molecule has 2 unspecified atom stereocenters. The Balaban J connectivity index is 1.57. The lowest BCUT2D eigenvalue weighted by Gasteiger charge is -2.18. The van der Waals surface area contributed by atoms with E-state index in [1.165, 1.54) is 12.7 Å². The molecule has 0 fully saturated rings. The second-order valence-corrected chi connectivity index (χ2v) is 7.98. The van der Waals surface area contributed by atoms with Crippen molar-refractivity contribution < 1.29 is 23.5 Å². The normalized spacial score (nSPS) is 12.6. The van der Waals surface area contributed by atoms with Crippen molar-refractivity contribution in [3.63, 3.8) is 0 Å². The maximum atomic E-state index is 12.7. The van der Waals surface area contributed by atoms with Gasteiger partial charge in [-0.05, 0) is 66.3 Å². The first-order valence-corrected chi connectivity index (χ1v) is 11.3. The fourth-order valence-corrected chi connectivity index (χ4v) is 3.48. The minimum atomic E-state index is -0.403. The monoisotopic (exact) mass is 449 g/mol. The van der Waals surface area contributed by atoms with Crippen LogP contribution in [0.2, 0.25) is 0 Å². The molecule has 33 heavy (non-hydrogen) atoms. The summed E-state index contributed by atoms with van der Waals surface area (Å²) in [5.41, 5.74) is 2.82. The topological polar surface area (TPSA) is 77.8 Å². The van der Waals surface area contributed by atoms with Crippen molar-refractivity contribution in [2.45, 2.75) is 52.2 Å². The molecule has 1 amide bonds. The van der Waals surface area contributed by atoms with E-state index in [-0.39, 0.29) is 24.3 Å². The van der Waals surface area contributed by atoms with E-state index in [1.807, 2.05) is 6.92 Å². The molecular weight excluding hydrogens is 418 g/mol. The highest BCUT2D eigenvalue weighted by Crippen LogP contribution is 2.23. The molecule has 2 atom stereocenters. The Kier molecular flexibility index (Phi) is 8.30. The lowest BCUT2D eigenvalue weighted by atomic mass is 9.95. The van der Waals surface area contributed by atoms with Gasteiger partial charge in [0.15, 0.2) is 5.76 Å². The van der Waals surface area contributed by atoms with Crippen LogP contribution in [0.1, 0.15) is 83.4 Å². The van der Waals surface area contributed by atoms with E-state index in [9.17, 15) is 9.59 Å². The van der Waals surface area contributed by atoms with Gasteiger partial charge in [0.2, 0.25) is 0 Å². The summed E-state index contributed by atoms with van der Waals surface area (Å²) in [6.07, 6.45) is 1.86. The summed E-state index contributed by atoms with van der Waals surface area (Å²) in [6.45, 7) is 6.60. The fourth-order valence-electron chi connectivity index (χ4n) is 3.48. The van der Waals surface area contributed by atoms with Crippen LogP contribution in [0.5, 0.6) is 5.75 Å². The third kappa shape index (κ3) is 6.25. The van der Waals surface area contributed by atoms with Crippen LogP contribution in [-0.4, -0.2) is 19.0 Å². The Morgan fingerprint density at radius 3 is 2.18 bits per heavy atom. The van der Waals surface area contributed by atoms with Crippen LogP contribution in [0.4, 0.5) is 0 Å². The summed E-state index contributed by atoms with van der Waals surface area (Å²) >= 11 is 0. The number of esters is 1. The molecule has 3 aromatic rings. The number of rotatable bonds is 10. The molecule has 0 radical (unpaired) electrons. The van der Waals surface area contributed by atoms with Gasteiger partial charge in [-0.1, -0.05) is 45.0 Å². The number of furan rings is 1. The molecule has 2 aromatic carbocycles. The first kappa shape index (κ1) is 24.1. The quantitative estimate of drug-likeness (QED) is 0.382. The summed E-state index contributed by atoms with van der Waals surface area (Å²) < 4.78 is 16.0. The minimum absolute atomic E-state index is 0.0957. The number of carbonyl (C=O) groups excluding carboxylic acids is 2. The standard InChI is InChI=1S/C27H31NO5/c1-5-18(3)19-7-9-20(10-8-19)24(6-2)28-26(29)25-16-15-23(33-25)17-32-22-13-11-21(12-14-22)27(30)31-4/h7-16,18,24H,5-6,17H2,1-4H3,(H,28,29). The molecule has 0 aliphatic heterocycles. The van der Waals surface area contributed by atoms with Gasteiger partial charge >= 0.3 is 5.97 Å².